The highest BCUT2D eigenvalue weighted by atomic mass is 35.5. The minimum atomic E-state index is -3.69. The van der Waals surface area contributed by atoms with Crippen molar-refractivity contribution >= 4 is 38.9 Å². The molecule has 0 saturated heterocycles. The number of rotatable bonds is 7. The van der Waals surface area contributed by atoms with Gasteiger partial charge < -0.3 is 0 Å². The molecular weight excluding hydrogens is 319 g/mol. The van der Waals surface area contributed by atoms with E-state index in [9.17, 15) is 8.42 Å². The molecule has 0 atom stereocenters. The molecule has 7 heteroatoms. The van der Waals surface area contributed by atoms with Crippen molar-refractivity contribution in [3.8, 4) is 0 Å². The monoisotopic (exact) mass is 336 g/mol. The largest absolute Gasteiger partial charge is 0.276 e. The summed E-state index contributed by atoms with van der Waals surface area (Å²) >= 11 is 11.6. The van der Waals surface area contributed by atoms with Crippen LogP contribution in [0.5, 0.6) is 0 Å². The Kier molecular flexibility index (Phi) is 6.79. The van der Waals surface area contributed by atoms with E-state index in [0.717, 1.165) is 18.4 Å². The van der Waals surface area contributed by atoms with E-state index in [0.29, 0.717) is 12.1 Å². The maximum absolute atomic E-state index is 12.0. The van der Waals surface area contributed by atoms with Crippen molar-refractivity contribution in [2.45, 2.75) is 42.8 Å². The van der Waals surface area contributed by atoms with Crippen LogP contribution < -0.4 is 4.83 Å². The summed E-state index contributed by atoms with van der Waals surface area (Å²) in [5.74, 6) is 0. The first-order valence-electron chi connectivity index (χ1n) is 6.30. The molecule has 1 aromatic rings. The third kappa shape index (κ3) is 5.31. The van der Waals surface area contributed by atoms with Gasteiger partial charge >= 0.3 is 0 Å². The van der Waals surface area contributed by atoms with Crippen LogP contribution >= 0.6 is 23.2 Å². The van der Waals surface area contributed by atoms with Crippen LogP contribution in [0, 0.1) is 6.92 Å². The van der Waals surface area contributed by atoms with Gasteiger partial charge in [0, 0.05) is 0 Å². The Morgan fingerprint density at radius 3 is 2.40 bits per heavy atom. The van der Waals surface area contributed by atoms with Crippen LogP contribution in [0.2, 0.25) is 0 Å². The molecule has 0 aliphatic heterocycles. The van der Waals surface area contributed by atoms with Crippen LogP contribution in [0.1, 0.15) is 31.7 Å². The van der Waals surface area contributed by atoms with Crippen LogP contribution in [-0.4, -0.2) is 19.0 Å². The van der Waals surface area contributed by atoms with Gasteiger partial charge in [-0.3, -0.25) is 0 Å². The van der Waals surface area contributed by atoms with Crippen LogP contribution in [0.25, 0.3) is 0 Å². The van der Waals surface area contributed by atoms with Crippen LogP contribution in [0.15, 0.2) is 34.3 Å². The van der Waals surface area contributed by atoms with Crippen molar-refractivity contribution in [3.63, 3.8) is 0 Å². The lowest BCUT2D eigenvalue weighted by atomic mass is 10.2. The van der Waals surface area contributed by atoms with Crippen molar-refractivity contribution < 1.29 is 8.42 Å². The normalized spacial score (nSPS) is 12.8. The standard InChI is InChI=1S/C13H18Cl2N2O2S/c1-3-4-5-12(13(14)15)16-17-20(18,19)11-8-6-10(2)7-9-11/h6-9,13,17H,3-5H2,1-2H3. The van der Waals surface area contributed by atoms with Crippen molar-refractivity contribution in [2.75, 3.05) is 0 Å². The zero-order valence-electron chi connectivity index (χ0n) is 11.4. The van der Waals surface area contributed by atoms with E-state index < -0.39 is 14.9 Å². The van der Waals surface area contributed by atoms with Crippen LogP contribution in [0.4, 0.5) is 0 Å². The van der Waals surface area contributed by atoms with E-state index in [1.807, 2.05) is 13.8 Å². The minimum absolute atomic E-state index is 0.155. The molecule has 112 valence electrons. The van der Waals surface area contributed by atoms with Gasteiger partial charge in [-0.05, 0) is 31.9 Å². The topological polar surface area (TPSA) is 58.5 Å². The molecule has 1 aromatic carbocycles. The molecule has 20 heavy (non-hydrogen) atoms. The lowest BCUT2D eigenvalue weighted by Crippen LogP contribution is -2.22. The zero-order valence-corrected chi connectivity index (χ0v) is 13.8. The number of unbranched alkanes of at least 4 members (excludes halogenated alkanes) is 1. The SMILES string of the molecule is CCCCC(=NNS(=O)(=O)c1ccc(C)cc1)C(Cl)Cl. The number of alkyl halides is 2. The maximum Gasteiger partial charge on any atom is 0.276 e. The van der Waals surface area contributed by atoms with Gasteiger partial charge in [-0.1, -0.05) is 54.2 Å². The molecule has 0 spiro atoms. The first kappa shape index (κ1) is 17.3. The summed E-state index contributed by atoms with van der Waals surface area (Å²) < 4.78 is 24.1. The molecule has 4 nitrogen and oxygen atoms in total. The second-order valence-electron chi connectivity index (χ2n) is 4.42. The van der Waals surface area contributed by atoms with E-state index in [2.05, 4.69) is 9.93 Å². The molecule has 0 saturated carbocycles. The van der Waals surface area contributed by atoms with Crippen molar-refractivity contribution in [3.05, 3.63) is 29.8 Å². The fourth-order valence-corrected chi connectivity index (χ4v) is 2.61. The highest BCUT2D eigenvalue weighted by molar-refractivity contribution is 7.89. The highest BCUT2D eigenvalue weighted by Crippen LogP contribution is 2.13. The second-order valence-corrected chi connectivity index (χ2v) is 7.17. The predicted octanol–water partition coefficient (Wildman–Crippen LogP) is 3.62. The van der Waals surface area contributed by atoms with Gasteiger partial charge in [0.25, 0.3) is 10.0 Å². The smallest absolute Gasteiger partial charge is 0.200 e. The van der Waals surface area contributed by atoms with Crippen molar-refractivity contribution in [2.24, 2.45) is 5.10 Å². The van der Waals surface area contributed by atoms with E-state index in [1.54, 1.807) is 12.1 Å². The number of nitrogens with zero attached hydrogens (tertiary/aromatic N) is 1. The summed E-state index contributed by atoms with van der Waals surface area (Å²) in [5, 5.41) is 3.85. The average Bonchev–Trinajstić information content (AvgIpc) is 2.38. The summed E-state index contributed by atoms with van der Waals surface area (Å²) in [6.07, 6.45) is 2.36. The van der Waals surface area contributed by atoms with Crippen LogP contribution in [0.3, 0.4) is 0 Å². The number of halogens is 2. The molecule has 0 aliphatic carbocycles. The third-order valence-corrected chi connectivity index (χ3v) is 4.41. The zero-order chi connectivity index (χ0) is 15.2. The summed E-state index contributed by atoms with van der Waals surface area (Å²) in [6.45, 7) is 3.90. The molecule has 0 aliphatic rings. The van der Waals surface area contributed by atoms with E-state index in [-0.39, 0.29) is 4.90 Å². The Hall–Kier alpha value is -0.780. The summed E-state index contributed by atoms with van der Waals surface area (Å²) in [7, 11) is -3.69. The maximum atomic E-state index is 12.0. The molecular formula is C13H18Cl2N2O2S. The van der Waals surface area contributed by atoms with Gasteiger partial charge in [-0.15, -0.1) is 0 Å². The molecule has 0 fully saturated rings. The fraction of sp³-hybridized carbons (Fsp3) is 0.462. The number of nitrogens with one attached hydrogen (secondary N) is 1. The highest BCUT2D eigenvalue weighted by Gasteiger charge is 2.15. The van der Waals surface area contributed by atoms with Gasteiger partial charge in [-0.25, -0.2) is 4.83 Å². The quantitative estimate of drug-likeness (QED) is 0.469. The predicted molar refractivity (Wildman–Crippen MR) is 84.0 cm³/mol. The average molecular weight is 337 g/mol. The summed E-state index contributed by atoms with van der Waals surface area (Å²) in [5.41, 5.74) is 1.41. The molecule has 0 amide bonds. The first-order chi connectivity index (χ1) is 9.36. The molecule has 1 rings (SSSR count). The van der Waals surface area contributed by atoms with Crippen molar-refractivity contribution in [1.82, 2.24) is 4.83 Å². The molecule has 0 heterocycles. The number of aryl methyl sites for hydroxylation is 1. The fourth-order valence-electron chi connectivity index (χ4n) is 1.46. The Bertz CT molecular complexity index is 554. The van der Waals surface area contributed by atoms with E-state index in [1.165, 1.54) is 12.1 Å². The van der Waals surface area contributed by atoms with Crippen LogP contribution in [-0.2, 0) is 10.0 Å². The summed E-state index contributed by atoms with van der Waals surface area (Å²) in [4.78, 5) is 1.51. The molecule has 0 radical (unpaired) electrons. The van der Waals surface area contributed by atoms with Gasteiger partial charge in [0.1, 0.15) is 4.84 Å². The second kappa shape index (κ2) is 7.86. The lowest BCUT2D eigenvalue weighted by Gasteiger charge is -2.08. The van der Waals surface area contributed by atoms with E-state index in [4.69, 9.17) is 23.2 Å². The minimum Gasteiger partial charge on any atom is -0.200 e. The Balaban J connectivity index is 2.86. The first-order valence-corrected chi connectivity index (χ1v) is 8.65. The van der Waals surface area contributed by atoms with Crippen molar-refractivity contribution in [1.29, 1.82) is 0 Å². The van der Waals surface area contributed by atoms with E-state index >= 15 is 0 Å². The number of sulfonamides is 1. The Labute approximate surface area is 130 Å². The molecule has 0 aromatic heterocycles. The van der Waals surface area contributed by atoms with Gasteiger partial charge in [0.05, 0.1) is 10.6 Å². The number of hydrogen-bond acceptors (Lipinski definition) is 3. The Morgan fingerprint density at radius 1 is 1.30 bits per heavy atom. The number of hydrogen-bond donors (Lipinski definition) is 1. The summed E-state index contributed by atoms with van der Waals surface area (Å²) in [6, 6.07) is 6.50. The molecule has 0 unspecified atom stereocenters. The lowest BCUT2D eigenvalue weighted by molar-refractivity contribution is 0.584. The molecule has 1 N–H and O–H groups in total. The number of hydrazone groups is 1. The third-order valence-electron chi connectivity index (χ3n) is 2.68. The molecule has 0 bridgehead atoms. The van der Waals surface area contributed by atoms with Gasteiger partial charge in [0.2, 0.25) is 0 Å². The Morgan fingerprint density at radius 2 is 1.90 bits per heavy atom. The van der Waals surface area contributed by atoms with Gasteiger partial charge in [-0.2, -0.15) is 13.5 Å². The number of benzene rings is 1. The van der Waals surface area contributed by atoms with Gasteiger partial charge in [0.15, 0.2) is 0 Å².